The lowest BCUT2D eigenvalue weighted by Crippen LogP contribution is -2.08. The van der Waals surface area contributed by atoms with E-state index in [1.807, 2.05) is 24.3 Å². The highest BCUT2D eigenvalue weighted by atomic mass is 32.2. The average molecular weight is 323 g/mol. The van der Waals surface area contributed by atoms with Crippen LogP contribution in [0.25, 0.3) is 10.9 Å². The third kappa shape index (κ3) is 2.90. The van der Waals surface area contributed by atoms with Crippen molar-refractivity contribution in [1.29, 1.82) is 0 Å². The van der Waals surface area contributed by atoms with Crippen LogP contribution in [0, 0.1) is 0 Å². The van der Waals surface area contributed by atoms with E-state index < -0.39 is 22.6 Å². The lowest BCUT2D eigenvalue weighted by molar-refractivity contribution is -0.137. The minimum atomic E-state index is -4.39. The molecule has 0 aliphatic heterocycles. The average Bonchev–Trinajstić information content (AvgIpc) is 2.90. The number of alkyl halides is 3. The van der Waals surface area contributed by atoms with Crippen molar-refractivity contribution in [2.75, 3.05) is 0 Å². The van der Waals surface area contributed by atoms with Crippen LogP contribution in [0.4, 0.5) is 18.9 Å². The molecule has 0 bridgehead atoms. The number of hydrogen-bond acceptors (Lipinski definition) is 1. The minimum Gasteiger partial charge on any atom is -0.359 e. The van der Waals surface area contributed by atoms with Crippen molar-refractivity contribution in [3.63, 3.8) is 0 Å². The van der Waals surface area contributed by atoms with E-state index in [1.165, 1.54) is 6.07 Å². The van der Waals surface area contributed by atoms with Crippen LogP contribution in [0.1, 0.15) is 5.56 Å². The van der Waals surface area contributed by atoms with Gasteiger partial charge in [0.15, 0.2) is 0 Å². The Morgan fingerprint density at radius 1 is 1.05 bits per heavy atom. The van der Waals surface area contributed by atoms with Crippen molar-refractivity contribution in [1.82, 2.24) is 4.98 Å². The monoisotopic (exact) mass is 323 g/mol. The Hall–Kier alpha value is -2.12. The molecule has 114 valence electrons. The molecule has 0 aliphatic carbocycles. The molecule has 7 heteroatoms. The topological polar surface area (TPSA) is 54.2 Å². The fraction of sp³-hybridized carbons (Fsp3) is 0.0667. The summed E-state index contributed by atoms with van der Waals surface area (Å²) < 4.78 is 42.6. The molecule has 0 fully saturated rings. The molecule has 1 unspecified atom stereocenters. The van der Waals surface area contributed by atoms with Gasteiger partial charge in [0.2, 0.25) is 0 Å². The first-order valence-electron chi connectivity index (χ1n) is 6.39. The summed E-state index contributed by atoms with van der Waals surface area (Å²) in [5.41, 5.74) is 0.822. The van der Waals surface area contributed by atoms with Gasteiger partial charge in [-0.1, -0.05) is 24.3 Å². The van der Waals surface area contributed by atoms with Crippen LogP contribution in [-0.2, 0) is 17.1 Å². The quantitative estimate of drug-likeness (QED) is 0.714. The highest BCUT2D eigenvalue weighted by molar-refractivity contribution is 7.85. The Balaban J connectivity index is 2.02. The number of para-hydroxylation sites is 1. The molecule has 3 N–H and O–H groups in total. The van der Waals surface area contributed by atoms with Crippen molar-refractivity contribution >= 4 is 27.5 Å². The zero-order chi connectivity index (χ0) is 15.7. The summed E-state index contributed by atoms with van der Waals surface area (Å²) in [6.45, 7) is 0. The van der Waals surface area contributed by atoms with Crippen LogP contribution in [-0.4, -0.2) is 4.98 Å². The summed E-state index contributed by atoms with van der Waals surface area (Å²) in [4.78, 5) is 3.40. The van der Waals surface area contributed by atoms with Crippen LogP contribution in [0.2, 0.25) is 0 Å². The first-order valence-corrected chi connectivity index (χ1v) is 7.63. The van der Waals surface area contributed by atoms with Gasteiger partial charge in [-0.15, -0.1) is 0 Å². The number of H-pyrrole nitrogens is 1. The number of halogens is 3. The highest BCUT2D eigenvalue weighted by Gasteiger charge is 2.30. The largest absolute Gasteiger partial charge is 0.416 e. The zero-order valence-corrected chi connectivity index (χ0v) is 12.1. The Labute approximate surface area is 127 Å². The Kier molecular flexibility index (Phi) is 3.76. The minimum absolute atomic E-state index is 0.347. The fourth-order valence-corrected chi connectivity index (χ4v) is 3.03. The van der Waals surface area contributed by atoms with E-state index in [1.54, 1.807) is 12.3 Å². The molecule has 0 radical (unpaired) electrons. The third-order valence-electron chi connectivity index (χ3n) is 3.17. The van der Waals surface area contributed by atoms with Crippen molar-refractivity contribution in [2.45, 2.75) is 11.1 Å². The van der Waals surface area contributed by atoms with E-state index in [9.17, 15) is 13.2 Å². The summed E-state index contributed by atoms with van der Waals surface area (Å²) in [5.74, 6) is 0. The van der Waals surface area contributed by atoms with Gasteiger partial charge >= 0.3 is 6.18 Å². The summed E-state index contributed by atoms with van der Waals surface area (Å²) in [7, 11) is -1.16. The smallest absolute Gasteiger partial charge is 0.359 e. The van der Waals surface area contributed by atoms with Gasteiger partial charge < -0.3 is 4.98 Å². The first kappa shape index (κ1) is 14.8. The predicted molar refractivity (Wildman–Crippen MR) is 81.6 cm³/mol. The number of aromatic amines is 1. The Morgan fingerprint density at radius 3 is 2.59 bits per heavy atom. The predicted octanol–water partition coefficient (Wildman–Crippen LogP) is 4.55. The number of fused-ring (bicyclic) bond motifs is 1. The van der Waals surface area contributed by atoms with Crippen molar-refractivity contribution in [3.05, 3.63) is 60.3 Å². The number of rotatable bonds is 2. The fourth-order valence-electron chi connectivity index (χ4n) is 2.09. The maximum atomic E-state index is 12.7. The van der Waals surface area contributed by atoms with E-state index in [0.717, 1.165) is 23.0 Å². The molecule has 0 saturated carbocycles. The Morgan fingerprint density at radius 2 is 1.82 bits per heavy atom. The first-order chi connectivity index (χ1) is 10.4. The molecule has 0 aliphatic rings. The van der Waals surface area contributed by atoms with Crippen LogP contribution in [0.5, 0.6) is 0 Å². The number of benzene rings is 2. The summed E-state index contributed by atoms with van der Waals surface area (Å²) in [6, 6.07) is 12.5. The molecule has 2 aromatic carbocycles. The number of aromatic nitrogens is 1. The molecule has 3 aromatic rings. The normalized spacial score (nSPS) is 13.6. The van der Waals surface area contributed by atoms with Gasteiger partial charge in [-0.3, -0.25) is 5.14 Å². The third-order valence-corrected chi connectivity index (χ3v) is 4.30. The second kappa shape index (κ2) is 5.58. The SMILES string of the molecule is NS(=Nc1c[nH]c2ccccc12)c1cccc(C(F)(F)F)c1. The summed E-state index contributed by atoms with van der Waals surface area (Å²) >= 11 is 0. The van der Waals surface area contributed by atoms with Gasteiger partial charge in [-0.05, 0) is 24.3 Å². The van der Waals surface area contributed by atoms with Gasteiger partial charge in [0.25, 0.3) is 0 Å². The number of nitrogens with zero attached hydrogens (tertiary/aromatic N) is 1. The molecule has 0 saturated heterocycles. The molecule has 3 rings (SSSR count). The van der Waals surface area contributed by atoms with Crippen LogP contribution >= 0.6 is 0 Å². The second-order valence-corrected chi connectivity index (χ2v) is 5.93. The summed E-state index contributed by atoms with van der Waals surface area (Å²) in [5, 5.41) is 6.86. The molecular formula is C15H12F3N3S. The molecular weight excluding hydrogens is 311 g/mol. The molecule has 0 amide bonds. The molecule has 1 heterocycles. The van der Waals surface area contributed by atoms with E-state index in [0.29, 0.717) is 10.6 Å². The molecule has 0 spiro atoms. The zero-order valence-electron chi connectivity index (χ0n) is 11.3. The number of hydrogen-bond donors (Lipinski definition) is 2. The number of nitrogens with one attached hydrogen (secondary N) is 1. The molecule has 22 heavy (non-hydrogen) atoms. The van der Waals surface area contributed by atoms with Crippen LogP contribution in [0.15, 0.2) is 64.0 Å². The van der Waals surface area contributed by atoms with Crippen LogP contribution < -0.4 is 5.14 Å². The maximum absolute atomic E-state index is 12.7. The van der Waals surface area contributed by atoms with Crippen LogP contribution in [0.3, 0.4) is 0 Å². The van der Waals surface area contributed by atoms with Gasteiger partial charge in [-0.25, -0.2) is 4.36 Å². The maximum Gasteiger partial charge on any atom is 0.416 e. The summed E-state index contributed by atoms with van der Waals surface area (Å²) in [6.07, 6.45) is -2.69. The van der Waals surface area contributed by atoms with E-state index in [2.05, 4.69) is 9.35 Å². The number of nitrogens with two attached hydrogens (primary N) is 1. The van der Waals surface area contributed by atoms with E-state index >= 15 is 0 Å². The highest BCUT2D eigenvalue weighted by Crippen LogP contribution is 2.31. The standard InChI is InChI=1S/C15H12F3N3S/c16-15(17,18)10-4-3-5-11(8-10)22(19)21-14-9-20-13-7-2-1-6-12(13)14/h1-9,20H,(H2,19,21). The lowest BCUT2D eigenvalue weighted by atomic mass is 10.2. The lowest BCUT2D eigenvalue weighted by Gasteiger charge is -2.08. The van der Waals surface area contributed by atoms with Crippen molar-refractivity contribution in [3.8, 4) is 0 Å². The Bertz CT molecular complexity index is 852. The van der Waals surface area contributed by atoms with Gasteiger partial charge in [-0.2, -0.15) is 13.2 Å². The van der Waals surface area contributed by atoms with Crippen molar-refractivity contribution in [2.24, 2.45) is 9.50 Å². The van der Waals surface area contributed by atoms with E-state index in [4.69, 9.17) is 5.14 Å². The van der Waals surface area contributed by atoms with E-state index in [-0.39, 0.29) is 0 Å². The van der Waals surface area contributed by atoms with Gasteiger partial charge in [0.1, 0.15) is 0 Å². The van der Waals surface area contributed by atoms with Gasteiger partial charge in [0, 0.05) is 32.9 Å². The molecule has 3 nitrogen and oxygen atoms in total. The van der Waals surface area contributed by atoms with Crippen molar-refractivity contribution < 1.29 is 13.2 Å². The molecule has 1 atom stereocenters. The molecule has 1 aromatic heterocycles. The van der Waals surface area contributed by atoms with Gasteiger partial charge in [0.05, 0.1) is 11.3 Å². The second-order valence-electron chi connectivity index (χ2n) is 4.65.